The van der Waals surface area contributed by atoms with Crippen LogP contribution < -0.4 is 5.32 Å². The number of hydrogen-bond acceptors (Lipinski definition) is 3. The molecule has 1 aromatic rings. The molecule has 0 saturated carbocycles. The second-order valence-corrected chi connectivity index (χ2v) is 6.64. The summed E-state index contributed by atoms with van der Waals surface area (Å²) in [6, 6.07) is 11.1. The van der Waals surface area contributed by atoms with Crippen molar-refractivity contribution in [1.29, 1.82) is 0 Å². The average molecular weight is 293 g/mol. The first kappa shape index (κ1) is 18.1. The van der Waals surface area contributed by atoms with Gasteiger partial charge in [-0.15, -0.1) is 0 Å². The highest BCUT2D eigenvalue weighted by atomic mass is 16.5. The highest BCUT2D eigenvalue weighted by Gasteiger charge is 2.19. The van der Waals surface area contributed by atoms with Crippen LogP contribution in [0, 0.1) is 5.41 Å². The minimum Gasteiger partial charge on any atom is -0.382 e. The molecule has 120 valence electrons. The van der Waals surface area contributed by atoms with Crippen LogP contribution in [0.5, 0.6) is 0 Å². The van der Waals surface area contributed by atoms with Gasteiger partial charge in [-0.2, -0.15) is 0 Å². The van der Waals surface area contributed by atoms with Crippen LogP contribution in [0.15, 0.2) is 30.3 Å². The van der Waals surface area contributed by atoms with Gasteiger partial charge in [0.25, 0.3) is 0 Å². The van der Waals surface area contributed by atoms with E-state index in [1.54, 1.807) is 7.11 Å². The molecule has 0 amide bonds. The van der Waals surface area contributed by atoms with Crippen molar-refractivity contribution < 1.29 is 9.47 Å². The summed E-state index contributed by atoms with van der Waals surface area (Å²) >= 11 is 0. The van der Waals surface area contributed by atoms with Gasteiger partial charge < -0.3 is 14.8 Å². The van der Waals surface area contributed by atoms with Gasteiger partial charge in [0, 0.05) is 19.8 Å². The molecule has 0 fully saturated rings. The van der Waals surface area contributed by atoms with E-state index in [4.69, 9.17) is 9.47 Å². The molecule has 21 heavy (non-hydrogen) atoms. The third-order valence-corrected chi connectivity index (χ3v) is 3.31. The lowest BCUT2D eigenvalue weighted by Gasteiger charge is -2.27. The second kappa shape index (κ2) is 9.93. The van der Waals surface area contributed by atoms with E-state index in [0.29, 0.717) is 24.7 Å². The third-order valence-electron chi connectivity index (χ3n) is 3.31. The maximum absolute atomic E-state index is 5.50. The van der Waals surface area contributed by atoms with Gasteiger partial charge >= 0.3 is 0 Å². The Balaban J connectivity index is 2.37. The molecule has 1 unspecified atom stereocenters. The van der Waals surface area contributed by atoms with E-state index in [0.717, 1.165) is 26.0 Å². The fourth-order valence-corrected chi connectivity index (χ4v) is 2.30. The molecule has 0 bridgehead atoms. The Morgan fingerprint density at radius 1 is 1.05 bits per heavy atom. The number of benzene rings is 1. The Morgan fingerprint density at radius 2 is 1.76 bits per heavy atom. The molecule has 1 N–H and O–H groups in total. The van der Waals surface area contributed by atoms with Crippen LogP contribution in [0.4, 0.5) is 0 Å². The zero-order valence-corrected chi connectivity index (χ0v) is 14.0. The van der Waals surface area contributed by atoms with Crippen molar-refractivity contribution >= 4 is 0 Å². The molecule has 1 atom stereocenters. The minimum atomic E-state index is 0.308. The lowest BCUT2D eigenvalue weighted by molar-refractivity contribution is 0.0691. The van der Waals surface area contributed by atoms with Gasteiger partial charge in [0.2, 0.25) is 0 Å². The van der Waals surface area contributed by atoms with E-state index in [-0.39, 0.29) is 0 Å². The summed E-state index contributed by atoms with van der Waals surface area (Å²) in [4.78, 5) is 0. The molecule has 1 aromatic carbocycles. The summed E-state index contributed by atoms with van der Waals surface area (Å²) < 4.78 is 10.5. The van der Waals surface area contributed by atoms with E-state index in [2.05, 4.69) is 56.4 Å². The van der Waals surface area contributed by atoms with Crippen LogP contribution in [0.2, 0.25) is 0 Å². The summed E-state index contributed by atoms with van der Waals surface area (Å²) in [5, 5.41) is 3.67. The largest absolute Gasteiger partial charge is 0.382 e. The molecule has 0 heterocycles. The predicted molar refractivity (Wildman–Crippen MR) is 88.6 cm³/mol. The monoisotopic (exact) mass is 293 g/mol. The van der Waals surface area contributed by atoms with Crippen molar-refractivity contribution in [2.75, 3.05) is 33.5 Å². The Labute approximate surface area is 130 Å². The summed E-state index contributed by atoms with van der Waals surface area (Å²) in [6.07, 6.45) is 2.15. The first-order valence-corrected chi connectivity index (χ1v) is 7.88. The molecule has 1 rings (SSSR count). The fourth-order valence-electron chi connectivity index (χ4n) is 2.30. The lowest BCUT2D eigenvalue weighted by Crippen LogP contribution is -2.27. The summed E-state index contributed by atoms with van der Waals surface area (Å²) in [7, 11) is 1.70. The maximum Gasteiger partial charge on any atom is 0.0700 e. The Kier molecular flexibility index (Phi) is 8.58. The van der Waals surface area contributed by atoms with Crippen LogP contribution in [0.25, 0.3) is 0 Å². The van der Waals surface area contributed by atoms with Crippen molar-refractivity contribution in [3.8, 4) is 0 Å². The Morgan fingerprint density at radius 3 is 2.38 bits per heavy atom. The van der Waals surface area contributed by atoms with Crippen molar-refractivity contribution in [3.05, 3.63) is 35.9 Å². The molecule has 3 nitrogen and oxygen atoms in total. The molecule has 0 aliphatic rings. The van der Waals surface area contributed by atoms with E-state index >= 15 is 0 Å². The van der Waals surface area contributed by atoms with Gasteiger partial charge in [0.05, 0.1) is 13.2 Å². The standard InChI is InChI=1S/C18H31NO2/c1-18(2,3)15-17(16-9-6-5-7-10-16)19-11-8-12-21-14-13-20-4/h5-7,9-10,17,19H,8,11-15H2,1-4H3. The molecule has 0 saturated heterocycles. The molecular formula is C18H31NO2. The summed E-state index contributed by atoms with van der Waals surface area (Å²) in [5.74, 6) is 0. The second-order valence-electron chi connectivity index (χ2n) is 6.64. The van der Waals surface area contributed by atoms with E-state index in [9.17, 15) is 0 Å². The van der Waals surface area contributed by atoms with Crippen molar-refractivity contribution in [3.63, 3.8) is 0 Å². The van der Waals surface area contributed by atoms with E-state index < -0.39 is 0 Å². The number of hydrogen-bond donors (Lipinski definition) is 1. The molecule has 0 spiro atoms. The SMILES string of the molecule is COCCOCCCNC(CC(C)(C)C)c1ccccc1. The molecule has 0 aromatic heterocycles. The van der Waals surface area contributed by atoms with Gasteiger partial charge in [-0.1, -0.05) is 51.1 Å². The maximum atomic E-state index is 5.50. The lowest BCUT2D eigenvalue weighted by atomic mass is 9.85. The van der Waals surface area contributed by atoms with Gasteiger partial charge in [-0.3, -0.25) is 0 Å². The van der Waals surface area contributed by atoms with Crippen LogP contribution in [-0.4, -0.2) is 33.5 Å². The fraction of sp³-hybridized carbons (Fsp3) is 0.667. The molecule has 0 radical (unpaired) electrons. The first-order valence-electron chi connectivity index (χ1n) is 7.88. The van der Waals surface area contributed by atoms with Crippen LogP contribution in [-0.2, 0) is 9.47 Å². The van der Waals surface area contributed by atoms with Gasteiger partial charge in [0.1, 0.15) is 0 Å². The Bertz CT molecular complexity index is 359. The van der Waals surface area contributed by atoms with Crippen LogP contribution in [0.1, 0.15) is 45.2 Å². The third kappa shape index (κ3) is 8.86. The molecule has 0 aliphatic heterocycles. The van der Waals surface area contributed by atoms with Gasteiger partial charge in [0.15, 0.2) is 0 Å². The highest BCUT2D eigenvalue weighted by Crippen LogP contribution is 2.29. The molecule has 3 heteroatoms. The van der Waals surface area contributed by atoms with Crippen LogP contribution in [0.3, 0.4) is 0 Å². The minimum absolute atomic E-state index is 0.308. The number of methoxy groups -OCH3 is 1. The average Bonchev–Trinajstić information content (AvgIpc) is 2.45. The van der Waals surface area contributed by atoms with E-state index in [1.807, 2.05) is 0 Å². The van der Waals surface area contributed by atoms with Crippen molar-refractivity contribution in [1.82, 2.24) is 5.32 Å². The highest BCUT2D eigenvalue weighted by molar-refractivity contribution is 5.19. The van der Waals surface area contributed by atoms with Gasteiger partial charge in [-0.25, -0.2) is 0 Å². The smallest absolute Gasteiger partial charge is 0.0700 e. The normalized spacial score (nSPS) is 13.3. The van der Waals surface area contributed by atoms with E-state index in [1.165, 1.54) is 5.56 Å². The first-order chi connectivity index (χ1) is 10.0. The number of ether oxygens (including phenoxy) is 2. The predicted octanol–water partition coefficient (Wildman–Crippen LogP) is 3.81. The summed E-state index contributed by atoms with van der Waals surface area (Å²) in [5.41, 5.74) is 1.68. The quantitative estimate of drug-likeness (QED) is 0.665. The molecule has 0 aliphatic carbocycles. The Hall–Kier alpha value is -0.900. The topological polar surface area (TPSA) is 30.5 Å². The van der Waals surface area contributed by atoms with Crippen LogP contribution >= 0.6 is 0 Å². The van der Waals surface area contributed by atoms with Crippen molar-refractivity contribution in [2.24, 2.45) is 5.41 Å². The number of nitrogens with one attached hydrogen (secondary N) is 1. The zero-order chi connectivity index (χ0) is 15.6. The molecular weight excluding hydrogens is 262 g/mol. The van der Waals surface area contributed by atoms with Crippen molar-refractivity contribution in [2.45, 2.75) is 39.7 Å². The van der Waals surface area contributed by atoms with Gasteiger partial charge in [-0.05, 0) is 30.4 Å². The number of rotatable bonds is 10. The summed E-state index contributed by atoms with van der Waals surface area (Å²) in [6.45, 7) is 9.98. The zero-order valence-electron chi connectivity index (χ0n) is 14.0.